The molecule has 2 aromatic heterocycles. The molecule has 0 bridgehead atoms. The van der Waals surface area contributed by atoms with Crippen molar-refractivity contribution >= 4 is 39.1 Å². The number of nitrogens with two attached hydrogens (primary N) is 1. The fourth-order valence-corrected chi connectivity index (χ4v) is 3.70. The number of fused-ring (bicyclic) bond motifs is 1. The lowest BCUT2D eigenvalue weighted by molar-refractivity contribution is -0.137. The van der Waals surface area contributed by atoms with Gasteiger partial charge in [-0.15, -0.1) is 5.10 Å². The Balaban J connectivity index is 1.62. The number of aliphatic hydroxyl groups excluding tert-OH is 1. The van der Waals surface area contributed by atoms with Gasteiger partial charge in [0.25, 0.3) is 0 Å². The van der Waals surface area contributed by atoms with Crippen LogP contribution in [0, 0.1) is 0 Å². The molecule has 0 fully saturated rings. The molecule has 0 aliphatic heterocycles. The molecule has 0 unspecified atom stereocenters. The first kappa shape index (κ1) is 20.9. The van der Waals surface area contributed by atoms with E-state index in [2.05, 4.69) is 20.4 Å². The van der Waals surface area contributed by atoms with Gasteiger partial charge in [-0.3, -0.25) is 0 Å². The van der Waals surface area contributed by atoms with Gasteiger partial charge >= 0.3 is 6.18 Å². The number of halogens is 3. The highest BCUT2D eigenvalue weighted by atomic mass is 32.1. The minimum absolute atomic E-state index is 0.00403. The Morgan fingerprint density at radius 1 is 1.16 bits per heavy atom. The van der Waals surface area contributed by atoms with Crippen LogP contribution in [0.2, 0.25) is 0 Å². The number of benzene rings is 2. The Kier molecular flexibility index (Phi) is 5.65. The molecule has 2 heterocycles. The molecule has 2 aromatic carbocycles. The largest absolute Gasteiger partial charge is 0.493 e. The molecule has 0 atom stereocenters. The summed E-state index contributed by atoms with van der Waals surface area (Å²) in [5, 5.41) is 16.3. The Labute approximate surface area is 178 Å². The van der Waals surface area contributed by atoms with Gasteiger partial charge in [0, 0.05) is 24.8 Å². The van der Waals surface area contributed by atoms with E-state index >= 15 is 0 Å². The molecule has 0 radical (unpaired) electrons. The number of para-hydroxylation sites is 1. The van der Waals surface area contributed by atoms with E-state index in [4.69, 9.17) is 15.6 Å². The first-order valence-corrected chi connectivity index (χ1v) is 9.96. The number of anilines is 3. The van der Waals surface area contributed by atoms with Gasteiger partial charge in [0.1, 0.15) is 5.75 Å². The highest BCUT2D eigenvalue weighted by molar-refractivity contribution is 7.20. The van der Waals surface area contributed by atoms with E-state index < -0.39 is 11.7 Å². The molecule has 4 rings (SSSR count). The number of thiazole rings is 1. The van der Waals surface area contributed by atoms with E-state index in [1.165, 1.54) is 22.1 Å². The second kappa shape index (κ2) is 8.40. The van der Waals surface area contributed by atoms with E-state index in [0.29, 0.717) is 11.6 Å². The number of nitrogens with one attached hydrogen (secondary N) is 1. The number of hydrogen-bond acceptors (Lipinski definition) is 8. The SMILES string of the molecule is Nc1nc(Nc2cc(OCCCO)cc(C(F)(F)F)c2)nn1-c1nc2ccccc2s1. The number of ether oxygens (including phenoxy) is 1. The summed E-state index contributed by atoms with van der Waals surface area (Å²) in [6, 6.07) is 10.7. The fraction of sp³-hybridized carbons (Fsp3) is 0.211. The van der Waals surface area contributed by atoms with Crippen molar-refractivity contribution in [1.29, 1.82) is 0 Å². The molecule has 4 N–H and O–H groups in total. The number of alkyl halides is 3. The van der Waals surface area contributed by atoms with Crippen LogP contribution in [0.3, 0.4) is 0 Å². The standard InChI is InChI=1S/C19H17F3N6O2S/c20-19(21,22)11-8-12(10-13(9-11)30-7-3-6-29)24-17-26-16(23)28(27-17)18-25-14-4-1-2-5-15(14)31-18/h1-2,4-5,8-10,29H,3,6-7H2,(H3,23,24,26,27). The van der Waals surface area contributed by atoms with Crippen molar-refractivity contribution in [3.05, 3.63) is 48.0 Å². The Bertz CT molecular complexity index is 1170. The smallest absolute Gasteiger partial charge is 0.416 e. The molecule has 0 amide bonds. The summed E-state index contributed by atoms with van der Waals surface area (Å²) in [6.45, 7) is -0.0504. The third kappa shape index (κ3) is 4.70. The van der Waals surface area contributed by atoms with Crippen molar-refractivity contribution in [2.24, 2.45) is 0 Å². The molecule has 12 heteroatoms. The van der Waals surface area contributed by atoms with Crippen LogP contribution in [-0.2, 0) is 6.18 Å². The lowest BCUT2D eigenvalue weighted by Crippen LogP contribution is -2.08. The normalized spacial score (nSPS) is 11.7. The maximum absolute atomic E-state index is 13.3. The average molecular weight is 450 g/mol. The van der Waals surface area contributed by atoms with Gasteiger partial charge < -0.3 is 20.9 Å². The van der Waals surface area contributed by atoms with Crippen molar-refractivity contribution in [3.8, 4) is 10.9 Å². The molecule has 8 nitrogen and oxygen atoms in total. The minimum atomic E-state index is -4.57. The third-order valence-electron chi connectivity index (χ3n) is 4.16. The number of rotatable bonds is 7. The summed E-state index contributed by atoms with van der Waals surface area (Å²) < 4.78 is 47.4. The molecule has 0 spiro atoms. The van der Waals surface area contributed by atoms with E-state index in [0.717, 1.165) is 22.3 Å². The summed E-state index contributed by atoms with van der Waals surface area (Å²) in [7, 11) is 0. The van der Waals surface area contributed by atoms with Gasteiger partial charge in [-0.1, -0.05) is 23.5 Å². The second-order valence-electron chi connectivity index (χ2n) is 6.46. The second-order valence-corrected chi connectivity index (χ2v) is 7.47. The summed E-state index contributed by atoms with van der Waals surface area (Å²) in [4.78, 5) is 8.53. The molecular weight excluding hydrogens is 433 g/mol. The average Bonchev–Trinajstić information content (AvgIpc) is 3.30. The van der Waals surface area contributed by atoms with E-state index in [1.54, 1.807) is 0 Å². The van der Waals surface area contributed by atoms with Crippen molar-refractivity contribution in [2.75, 3.05) is 24.3 Å². The van der Waals surface area contributed by atoms with Crippen LogP contribution in [0.5, 0.6) is 5.75 Å². The van der Waals surface area contributed by atoms with Gasteiger partial charge in [0.15, 0.2) is 0 Å². The lowest BCUT2D eigenvalue weighted by atomic mass is 10.2. The number of aromatic nitrogens is 4. The van der Waals surface area contributed by atoms with Crippen LogP contribution < -0.4 is 15.8 Å². The fourth-order valence-electron chi connectivity index (χ4n) is 2.77. The lowest BCUT2D eigenvalue weighted by Gasteiger charge is -2.13. The predicted octanol–water partition coefficient (Wildman–Crippen LogP) is 3.98. The van der Waals surface area contributed by atoms with Gasteiger partial charge in [0.2, 0.25) is 17.0 Å². The summed E-state index contributed by atoms with van der Waals surface area (Å²) in [5.74, 6) is 0.0506. The van der Waals surface area contributed by atoms with Gasteiger partial charge in [0.05, 0.1) is 22.4 Å². The predicted molar refractivity (Wildman–Crippen MR) is 111 cm³/mol. The maximum Gasteiger partial charge on any atom is 0.416 e. The Morgan fingerprint density at radius 2 is 1.97 bits per heavy atom. The van der Waals surface area contributed by atoms with Gasteiger partial charge in [-0.25, -0.2) is 4.98 Å². The number of nitrogen functional groups attached to an aromatic ring is 1. The monoisotopic (exact) mass is 450 g/mol. The number of aliphatic hydroxyl groups is 1. The summed E-state index contributed by atoms with van der Waals surface area (Å²) in [6.07, 6.45) is -4.27. The third-order valence-corrected chi connectivity index (χ3v) is 5.17. The van der Waals surface area contributed by atoms with Crippen molar-refractivity contribution in [2.45, 2.75) is 12.6 Å². The molecule has 0 aliphatic rings. The van der Waals surface area contributed by atoms with Crippen LogP contribution in [0.25, 0.3) is 15.3 Å². The Morgan fingerprint density at radius 3 is 2.71 bits per heavy atom. The van der Waals surface area contributed by atoms with Crippen LogP contribution in [0.4, 0.5) is 30.8 Å². The van der Waals surface area contributed by atoms with Gasteiger partial charge in [-0.05, 0) is 24.3 Å². The first-order chi connectivity index (χ1) is 14.8. The van der Waals surface area contributed by atoms with Crippen LogP contribution in [0.1, 0.15) is 12.0 Å². The molecular formula is C19H17F3N6O2S. The van der Waals surface area contributed by atoms with Crippen molar-refractivity contribution in [3.63, 3.8) is 0 Å². The highest BCUT2D eigenvalue weighted by Crippen LogP contribution is 2.35. The zero-order valence-electron chi connectivity index (χ0n) is 15.9. The zero-order chi connectivity index (χ0) is 22.0. The molecule has 4 aromatic rings. The number of nitrogens with zero attached hydrogens (tertiary/aromatic N) is 4. The molecule has 0 saturated carbocycles. The molecule has 0 saturated heterocycles. The maximum atomic E-state index is 13.3. The van der Waals surface area contributed by atoms with Crippen molar-refractivity contribution in [1.82, 2.24) is 19.7 Å². The van der Waals surface area contributed by atoms with E-state index in [1.807, 2.05) is 24.3 Å². The minimum Gasteiger partial charge on any atom is -0.493 e. The van der Waals surface area contributed by atoms with Crippen LogP contribution >= 0.6 is 11.3 Å². The van der Waals surface area contributed by atoms with Crippen molar-refractivity contribution < 1.29 is 23.0 Å². The summed E-state index contributed by atoms with van der Waals surface area (Å²) >= 11 is 1.36. The van der Waals surface area contributed by atoms with E-state index in [9.17, 15) is 13.2 Å². The summed E-state index contributed by atoms with van der Waals surface area (Å²) in [5.41, 5.74) is 5.90. The Hall–Kier alpha value is -3.38. The number of hydrogen-bond donors (Lipinski definition) is 3. The van der Waals surface area contributed by atoms with Crippen LogP contribution in [-0.4, -0.2) is 38.1 Å². The van der Waals surface area contributed by atoms with E-state index in [-0.39, 0.29) is 36.5 Å². The first-order valence-electron chi connectivity index (χ1n) is 9.15. The topological polar surface area (TPSA) is 111 Å². The van der Waals surface area contributed by atoms with Crippen LogP contribution in [0.15, 0.2) is 42.5 Å². The molecule has 0 aliphatic carbocycles. The molecule has 162 valence electrons. The van der Waals surface area contributed by atoms with Gasteiger partial charge in [-0.2, -0.15) is 22.8 Å². The quantitative estimate of drug-likeness (QED) is 0.365. The highest BCUT2D eigenvalue weighted by Gasteiger charge is 2.31. The zero-order valence-corrected chi connectivity index (χ0v) is 16.7. The molecule has 31 heavy (non-hydrogen) atoms.